The average molecular weight is 287 g/mol. The molecule has 0 unspecified atom stereocenters. The maximum absolute atomic E-state index is 12.0. The summed E-state index contributed by atoms with van der Waals surface area (Å²) in [6.45, 7) is 4.77. The molecule has 0 aromatic carbocycles. The van der Waals surface area contributed by atoms with Crippen molar-refractivity contribution in [2.75, 3.05) is 18.1 Å². The highest BCUT2D eigenvalue weighted by Gasteiger charge is 2.29. The third-order valence-electron chi connectivity index (χ3n) is 3.91. The number of amides is 1. The van der Waals surface area contributed by atoms with Crippen LogP contribution in [0.3, 0.4) is 0 Å². The minimum absolute atomic E-state index is 0.110. The third-order valence-corrected chi connectivity index (χ3v) is 4.89. The first-order chi connectivity index (χ1) is 9.09. The second-order valence-electron chi connectivity index (χ2n) is 5.76. The molecule has 0 saturated carbocycles. The lowest BCUT2D eigenvalue weighted by Crippen LogP contribution is -2.45. The molecule has 0 aliphatic carbocycles. The van der Waals surface area contributed by atoms with E-state index in [2.05, 4.69) is 19.2 Å². The van der Waals surface area contributed by atoms with Crippen molar-refractivity contribution >= 4 is 17.7 Å². The Balaban J connectivity index is 2.29. The number of rotatable bonds is 8. The van der Waals surface area contributed by atoms with Crippen molar-refractivity contribution in [3.8, 4) is 0 Å². The number of nitrogens with one attached hydrogen (secondary N) is 1. The molecule has 0 spiro atoms. The lowest BCUT2D eigenvalue weighted by atomic mass is 9.93. The SMILES string of the molecule is CCCC(CCC)CC(=O)NCC1(O)CCSCC1. The van der Waals surface area contributed by atoms with Gasteiger partial charge in [-0.15, -0.1) is 0 Å². The zero-order valence-corrected chi connectivity index (χ0v) is 13.2. The summed E-state index contributed by atoms with van der Waals surface area (Å²) in [5, 5.41) is 13.3. The van der Waals surface area contributed by atoms with Crippen molar-refractivity contribution < 1.29 is 9.90 Å². The summed E-state index contributed by atoms with van der Waals surface area (Å²) in [4.78, 5) is 12.0. The summed E-state index contributed by atoms with van der Waals surface area (Å²) in [6.07, 6.45) is 6.74. The fourth-order valence-corrected chi connectivity index (χ4v) is 3.94. The van der Waals surface area contributed by atoms with Gasteiger partial charge in [0, 0.05) is 13.0 Å². The molecule has 0 atom stereocenters. The molecule has 1 rings (SSSR count). The van der Waals surface area contributed by atoms with Crippen LogP contribution in [0.25, 0.3) is 0 Å². The molecular formula is C15H29NO2S. The first kappa shape index (κ1) is 16.8. The Kier molecular flexibility index (Phi) is 7.84. The summed E-state index contributed by atoms with van der Waals surface area (Å²) < 4.78 is 0. The van der Waals surface area contributed by atoms with Crippen LogP contribution in [0.4, 0.5) is 0 Å². The van der Waals surface area contributed by atoms with Crippen molar-refractivity contribution in [1.82, 2.24) is 5.32 Å². The van der Waals surface area contributed by atoms with Crippen LogP contribution in [0.15, 0.2) is 0 Å². The first-order valence-electron chi connectivity index (χ1n) is 7.66. The van der Waals surface area contributed by atoms with Gasteiger partial charge in [-0.25, -0.2) is 0 Å². The van der Waals surface area contributed by atoms with E-state index in [0.717, 1.165) is 50.0 Å². The van der Waals surface area contributed by atoms with Crippen LogP contribution in [0.2, 0.25) is 0 Å². The van der Waals surface area contributed by atoms with Gasteiger partial charge in [0.25, 0.3) is 0 Å². The van der Waals surface area contributed by atoms with Crippen LogP contribution >= 0.6 is 11.8 Å². The Morgan fingerprint density at radius 2 is 1.84 bits per heavy atom. The van der Waals surface area contributed by atoms with Crippen molar-refractivity contribution in [2.24, 2.45) is 5.92 Å². The smallest absolute Gasteiger partial charge is 0.220 e. The molecule has 112 valence electrons. The van der Waals surface area contributed by atoms with Crippen LogP contribution in [0, 0.1) is 5.92 Å². The van der Waals surface area contributed by atoms with Crippen LogP contribution in [-0.2, 0) is 4.79 Å². The summed E-state index contributed by atoms with van der Waals surface area (Å²) >= 11 is 1.88. The molecule has 3 nitrogen and oxygen atoms in total. The molecule has 1 aliphatic rings. The highest BCUT2D eigenvalue weighted by Crippen LogP contribution is 2.26. The summed E-state index contributed by atoms with van der Waals surface area (Å²) in [5.41, 5.74) is -0.661. The van der Waals surface area contributed by atoms with Gasteiger partial charge in [0.15, 0.2) is 0 Å². The highest BCUT2D eigenvalue weighted by molar-refractivity contribution is 7.99. The summed E-state index contributed by atoms with van der Waals surface area (Å²) in [5.74, 6) is 2.62. The maximum atomic E-state index is 12.0. The fraction of sp³-hybridized carbons (Fsp3) is 0.933. The summed E-state index contributed by atoms with van der Waals surface area (Å²) in [6, 6.07) is 0. The van der Waals surface area contributed by atoms with Crippen molar-refractivity contribution in [3.05, 3.63) is 0 Å². The largest absolute Gasteiger partial charge is 0.388 e. The number of carbonyl (C=O) groups is 1. The van der Waals surface area contributed by atoms with E-state index in [0.29, 0.717) is 18.9 Å². The Morgan fingerprint density at radius 1 is 1.26 bits per heavy atom. The van der Waals surface area contributed by atoms with Crippen LogP contribution in [0.1, 0.15) is 58.8 Å². The Bertz CT molecular complexity index is 259. The van der Waals surface area contributed by atoms with E-state index < -0.39 is 5.60 Å². The van der Waals surface area contributed by atoms with E-state index >= 15 is 0 Å². The van der Waals surface area contributed by atoms with Crippen LogP contribution in [0.5, 0.6) is 0 Å². The maximum Gasteiger partial charge on any atom is 0.220 e. The molecule has 4 heteroatoms. The zero-order valence-electron chi connectivity index (χ0n) is 12.4. The van der Waals surface area contributed by atoms with Gasteiger partial charge in [-0.1, -0.05) is 39.5 Å². The molecule has 0 bridgehead atoms. The topological polar surface area (TPSA) is 49.3 Å². The number of thioether (sulfide) groups is 1. The predicted octanol–water partition coefficient (Wildman–Crippen LogP) is 2.97. The summed E-state index contributed by atoms with van der Waals surface area (Å²) in [7, 11) is 0. The van der Waals surface area contributed by atoms with E-state index in [1.54, 1.807) is 0 Å². The standard InChI is InChI=1S/C15H29NO2S/c1-3-5-13(6-4-2)11-14(17)16-12-15(18)7-9-19-10-8-15/h13,18H,3-12H2,1-2H3,(H,16,17). The van der Waals surface area contributed by atoms with Gasteiger partial charge in [-0.05, 0) is 30.3 Å². The normalized spacial score (nSPS) is 18.5. The highest BCUT2D eigenvalue weighted by atomic mass is 32.2. The quantitative estimate of drug-likeness (QED) is 0.721. The molecule has 0 aromatic rings. The Hall–Kier alpha value is -0.220. The van der Waals surface area contributed by atoms with Gasteiger partial charge in [0.1, 0.15) is 0 Å². The molecular weight excluding hydrogens is 258 g/mol. The molecule has 1 heterocycles. The molecule has 0 radical (unpaired) electrons. The molecule has 1 fully saturated rings. The van der Waals surface area contributed by atoms with Gasteiger partial charge < -0.3 is 10.4 Å². The van der Waals surface area contributed by atoms with Crippen molar-refractivity contribution in [3.63, 3.8) is 0 Å². The number of carbonyl (C=O) groups excluding carboxylic acids is 1. The molecule has 0 aromatic heterocycles. The van der Waals surface area contributed by atoms with Gasteiger partial charge >= 0.3 is 0 Å². The lowest BCUT2D eigenvalue weighted by Gasteiger charge is -2.32. The molecule has 1 amide bonds. The molecule has 19 heavy (non-hydrogen) atoms. The monoisotopic (exact) mass is 287 g/mol. The number of hydrogen-bond acceptors (Lipinski definition) is 3. The van der Waals surface area contributed by atoms with Crippen molar-refractivity contribution in [1.29, 1.82) is 0 Å². The average Bonchev–Trinajstić information content (AvgIpc) is 2.38. The molecule has 1 aliphatic heterocycles. The van der Waals surface area contributed by atoms with Crippen LogP contribution in [-0.4, -0.2) is 34.7 Å². The zero-order chi connectivity index (χ0) is 14.1. The lowest BCUT2D eigenvalue weighted by molar-refractivity contribution is -0.123. The van der Waals surface area contributed by atoms with Crippen LogP contribution < -0.4 is 5.32 Å². The van der Waals surface area contributed by atoms with Crippen molar-refractivity contribution in [2.45, 2.75) is 64.4 Å². The Labute approximate surface area is 121 Å². The number of hydrogen-bond donors (Lipinski definition) is 2. The van der Waals surface area contributed by atoms with Gasteiger partial charge in [-0.2, -0.15) is 11.8 Å². The van der Waals surface area contributed by atoms with Gasteiger partial charge in [0.2, 0.25) is 5.91 Å². The second kappa shape index (κ2) is 8.85. The van der Waals surface area contributed by atoms with E-state index in [1.165, 1.54) is 0 Å². The van der Waals surface area contributed by atoms with Gasteiger partial charge in [0.05, 0.1) is 5.60 Å². The third kappa shape index (κ3) is 6.66. The second-order valence-corrected chi connectivity index (χ2v) is 6.99. The van der Waals surface area contributed by atoms with Gasteiger partial charge in [-0.3, -0.25) is 4.79 Å². The van der Waals surface area contributed by atoms with E-state index in [-0.39, 0.29) is 5.91 Å². The molecule has 2 N–H and O–H groups in total. The first-order valence-corrected chi connectivity index (χ1v) is 8.82. The fourth-order valence-electron chi connectivity index (χ4n) is 2.69. The van der Waals surface area contributed by atoms with E-state index in [9.17, 15) is 9.90 Å². The minimum Gasteiger partial charge on any atom is -0.388 e. The molecule has 1 saturated heterocycles. The van der Waals surface area contributed by atoms with E-state index in [4.69, 9.17) is 0 Å². The van der Waals surface area contributed by atoms with E-state index in [1.807, 2.05) is 11.8 Å². The minimum atomic E-state index is -0.661. The Morgan fingerprint density at radius 3 is 2.37 bits per heavy atom. The predicted molar refractivity (Wildman–Crippen MR) is 82.4 cm³/mol. The number of aliphatic hydroxyl groups is 1.